The van der Waals surface area contributed by atoms with E-state index in [1.54, 1.807) is 0 Å². The van der Waals surface area contributed by atoms with Gasteiger partial charge in [-0.15, -0.1) is 0 Å². The molecule has 0 saturated heterocycles. The second-order valence-corrected chi connectivity index (χ2v) is 4.53. The van der Waals surface area contributed by atoms with E-state index in [4.69, 9.17) is 10.5 Å². The average molecular weight is 250 g/mol. The van der Waals surface area contributed by atoms with Crippen LogP contribution in [0.25, 0.3) is 0 Å². The molecular weight excluding hydrogens is 228 g/mol. The Balaban J connectivity index is 2.77. The fourth-order valence-corrected chi connectivity index (χ4v) is 1.68. The van der Waals surface area contributed by atoms with Gasteiger partial charge in [0.2, 0.25) is 5.91 Å². The zero-order valence-electron chi connectivity index (χ0n) is 11.3. The van der Waals surface area contributed by atoms with Gasteiger partial charge < -0.3 is 15.8 Å². The lowest BCUT2D eigenvalue weighted by Crippen LogP contribution is -2.34. The van der Waals surface area contributed by atoms with Crippen molar-refractivity contribution < 1.29 is 9.53 Å². The summed E-state index contributed by atoms with van der Waals surface area (Å²) in [5.74, 6) is 0.438. The minimum absolute atomic E-state index is 0.140. The first kappa shape index (κ1) is 14.5. The lowest BCUT2D eigenvalue weighted by molar-refractivity contribution is -0.120. The topological polar surface area (TPSA) is 64.3 Å². The number of primary amides is 1. The highest BCUT2D eigenvalue weighted by Gasteiger charge is 2.16. The number of amides is 1. The van der Waals surface area contributed by atoms with Crippen LogP contribution in [0.2, 0.25) is 0 Å². The Bertz CT molecular complexity index is 374. The van der Waals surface area contributed by atoms with Crippen molar-refractivity contribution in [3.8, 4) is 5.75 Å². The van der Waals surface area contributed by atoms with E-state index in [-0.39, 0.29) is 12.0 Å². The summed E-state index contributed by atoms with van der Waals surface area (Å²) < 4.78 is 5.55. The van der Waals surface area contributed by atoms with Crippen molar-refractivity contribution in [2.45, 2.75) is 39.3 Å². The molecular formula is C14H22N2O2. The molecule has 3 N–H and O–H groups in total. The lowest BCUT2D eigenvalue weighted by atomic mass is 10.1. The highest BCUT2D eigenvalue weighted by Crippen LogP contribution is 2.18. The molecule has 0 heterocycles. The molecule has 1 aromatic carbocycles. The third-order valence-corrected chi connectivity index (χ3v) is 2.47. The van der Waals surface area contributed by atoms with Gasteiger partial charge in [0.15, 0.2) is 0 Å². The molecule has 1 atom stereocenters. The maximum atomic E-state index is 11.4. The maximum Gasteiger partial charge on any atom is 0.239 e. The Morgan fingerprint density at radius 3 is 2.39 bits per heavy atom. The molecule has 0 radical (unpaired) electrons. The van der Waals surface area contributed by atoms with Crippen molar-refractivity contribution in [2.75, 3.05) is 6.54 Å². The van der Waals surface area contributed by atoms with Crippen LogP contribution in [-0.4, -0.2) is 18.6 Å². The summed E-state index contributed by atoms with van der Waals surface area (Å²) in [4.78, 5) is 11.4. The molecule has 0 saturated carbocycles. The summed E-state index contributed by atoms with van der Waals surface area (Å²) >= 11 is 0. The molecule has 1 unspecified atom stereocenters. The fraction of sp³-hybridized carbons (Fsp3) is 0.500. The number of benzene rings is 1. The van der Waals surface area contributed by atoms with E-state index < -0.39 is 6.04 Å². The molecule has 0 fully saturated rings. The maximum absolute atomic E-state index is 11.4. The van der Waals surface area contributed by atoms with Gasteiger partial charge in [0.25, 0.3) is 0 Å². The molecule has 4 heteroatoms. The largest absolute Gasteiger partial charge is 0.491 e. The molecule has 0 aliphatic rings. The highest BCUT2D eigenvalue weighted by atomic mass is 16.5. The van der Waals surface area contributed by atoms with Gasteiger partial charge in [-0.3, -0.25) is 4.79 Å². The number of hydrogen-bond donors (Lipinski definition) is 2. The fourth-order valence-electron chi connectivity index (χ4n) is 1.68. The van der Waals surface area contributed by atoms with Crippen LogP contribution >= 0.6 is 0 Å². The summed E-state index contributed by atoms with van der Waals surface area (Å²) in [6, 6.07) is 7.03. The molecule has 1 amide bonds. The Morgan fingerprint density at radius 2 is 1.94 bits per heavy atom. The number of hydrogen-bond acceptors (Lipinski definition) is 3. The average Bonchev–Trinajstić information content (AvgIpc) is 2.30. The van der Waals surface area contributed by atoms with Gasteiger partial charge in [0.05, 0.1) is 6.10 Å². The Hall–Kier alpha value is -1.55. The zero-order chi connectivity index (χ0) is 13.5. The predicted octanol–water partition coefficient (Wildman–Crippen LogP) is 2.00. The predicted molar refractivity (Wildman–Crippen MR) is 72.4 cm³/mol. The van der Waals surface area contributed by atoms with Crippen LogP contribution in [0.3, 0.4) is 0 Å². The van der Waals surface area contributed by atoms with E-state index in [0.717, 1.165) is 24.3 Å². The lowest BCUT2D eigenvalue weighted by Gasteiger charge is -2.16. The first-order chi connectivity index (χ1) is 8.54. The van der Waals surface area contributed by atoms with Gasteiger partial charge in [-0.2, -0.15) is 0 Å². The molecule has 1 aromatic rings. The van der Waals surface area contributed by atoms with Gasteiger partial charge in [0.1, 0.15) is 11.8 Å². The number of ether oxygens (including phenoxy) is 1. The number of rotatable bonds is 7. The van der Waals surface area contributed by atoms with Crippen LogP contribution in [0.1, 0.15) is 38.8 Å². The van der Waals surface area contributed by atoms with E-state index in [2.05, 4.69) is 5.32 Å². The van der Waals surface area contributed by atoms with E-state index in [0.29, 0.717) is 0 Å². The van der Waals surface area contributed by atoms with E-state index >= 15 is 0 Å². The van der Waals surface area contributed by atoms with Crippen molar-refractivity contribution in [1.82, 2.24) is 5.32 Å². The normalized spacial score (nSPS) is 12.4. The van der Waals surface area contributed by atoms with Crippen molar-refractivity contribution >= 4 is 5.91 Å². The van der Waals surface area contributed by atoms with Gasteiger partial charge in [-0.1, -0.05) is 19.1 Å². The van der Waals surface area contributed by atoms with Crippen LogP contribution in [0, 0.1) is 0 Å². The molecule has 0 spiro atoms. The number of carbonyl (C=O) groups is 1. The van der Waals surface area contributed by atoms with Crippen LogP contribution < -0.4 is 15.8 Å². The molecule has 0 aromatic heterocycles. The molecule has 1 rings (SSSR count). The van der Waals surface area contributed by atoms with Crippen LogP contribution in [-0.2, 0) is 4.79 Å². The molecule has 100 valence electrons. The quantitative estimate of drug-likeness (QED) is 0.778. The van der Waals surface area contributed by atoms with E-state index in [1.807, 2.05) is 45.0 Å². The summed E-state index contributed by atoms with van der Waals surface area (Å²) in [7, 11) is 0. The third kappa shape index (κ3) is 4.37. The SMILES string of the molecule is CCCNC(C(N)=O)c1ccc(OC(C)C)cc1. The summed E-state index contributed by atoms with van der Waals surface area (Å²) in [6.45, 7) is 6.76. The second kappa shape index (κ2) is 7.01. The first-order valence-electron chi connectivity index (χ1n) is 6.34. The summed E-state index contributed by atoms with van der Waals surface area (Å²) in [6.07, 6.45) is 1.10. The molecule has 18 heavy (non-hydrogen) atoms. The van der Waals surface area contributed by atoms with Crippen LogP contribution in [0.4, 0.5) is 0 Å². The minimum atomic E-state index is -0.432. The summed E-state index contributed by atoms with van der Waals surface area (Å²) in [5, 5.41) is 3.13. The monoisotopic (exact) mass is 250 g/mol. The minimum Gasteiger partial charge on any atom is -0.491 e. The van der Waals surface area contributed by atoms with Gasteiger partial charge in [0, 0.05) is 0 Å². The third-order valence-electron chi connectivity index (χ3n) is 2.47. The van der Waals surface area contributed by atoms with Crippen LogP contribution in [0.5, 0.6) is 5.75 Å². The van der Waals surface area contributed by atoms with E-state index in [1.165, 1.54) is 0 Å². The summed E-state index contributed by atoms with van der Waals surface area (Å²) in [5.41, 5.74) is 6.26. The molecule has 4 nitrogen and oxygen atoms in total. The first-order valence-corrected chi connectivity index (χ1v) is 6.34. The Labute approximate surface area is 109 Å². The number of nitrogens with one attached hydrogen (secondary N) is 1. The Morgan fingerprint density at radius 1 is 1.33 bits per heavy atom. The number of carbonyl (C=O) groups excluding carboxylic acids is 1. The van der Waals surface area contributed by atoms with Crippen LogP contribution in [0.15, 0.2) is 24.3 Å². The Kier molecular flexibility index (Phi) is 5.65. The molecule has 0 aliphatic heterocycles. The van der Waals surface area contributed by atoms with Gasteiger partial charge >= 0.3 is 0 Å². The highest BCUT2D eigenvalue weighted by molar-refractivity contribution is 5.81. The van der Waals surface area contributed by atoms with Gasteiger partial charge in [-0.25, -0.2) is 0 Å². The number of nitrogens with two attached hydrogens (primary N) is 1. The van der Waals surface area contributed by atoms with Gasteiger partial charge in [-0.05, 0) is 44.5 Å². The van der Waals surface area contributed by atoms with Crippen molar-refractivity contribution in [3.05, 3.63) is 29.8 Å². The smallest absolute Gasteiger partial charge is 0.239 e. The molecule has 0 aliphatic carbocycles. The zero-order valence-corrected chi connectivity index (χ0v) is 11.3. The molecule has 0 bridgehead atoms. The van der Waals surface area contributed by atoms with Crippen molar-refractivity contribution in [2.24, 2.45) is 5.73 Å². The second-order valence-electron chi connectivity index (χ2n) is 4.53. The van der Waals surface area contributed by atoms with Crippen molar-refractivity contribution in [3.63, 3.8) is 0 Å². The van der Waals surface area contributed by atoms with E-state index in [9.17, 15) is 4.79 Å². The van der Waals surface area contributed by atoms with Crippen molar-refractivity contribution in [1.29, 1.82) is 0 Å². The standard InChI is InChI=1S/C14H22N2O2/c1-4-9-16-13(14(15)17)11-5-7-12(8-6-11)18-10(2)3/h5-8,10,13,16H,4,9H2,1-3H3,(H2,15,17).